The first-order valence-electron chi connectivity index (χ1n) is 11.0. The molecule has 1 amide bonds. The summed E-state index contributed by atoms with van der Waals surface area (Å²) in [5.74, 6) is -0.391. The third-order valence-corrected chi connectivity index (χ3v) is 7.14. The average molecular weight is 486 g/mol. The van der Waals surface area contributed by atoms with E-state index in [4.69, 9.17) is 0 Å². The van der Waals surface area contributed by atoms with Gasteiger partial charge in [0.2, 0.25) is 0 Å². The zero-order valence-electron chi connectivity index (χ0n) is 18.4. The molecule has 6 nitrogen and oxygen atoms in total. The fraction of sp³-hybridized carbons (Fsp3) is 0.292. The zero-order valence-corrected chi connectivity index (χ0v) is 19.2. The fourth-order valence-electron chi connectivity index (χ4n) is 4.08. The molecule has 176 valence electrons. The number of carbonyl (C=O) groups excluding carboxylic acids is 1. The summed E-state index contributed by atoms with van der Waals surface area (Å²) in [6.07, 6.45) is -3.85. The Morgan fingerprint density at radius 1 is 1.03 bits per heavy atom. The molecule has 0 saturated carbocycles. The smallest absolute Gasteiger partial charge is 0.368 e. The Hall–Kier alpha value is -3.40. The highest BCUT2D eigenvalue weighted by Gasteiger charge is 2.36. The van der Waals surface area contributed by atoms with Crippen molar-refractivity contribution < 1.29 is 18.0 Å². The Labute approximate surface area is 198 Å². The quantitative estimate of drug-likeness (QED) is 0.408. The summed E-state index contributed by atoms with van der Waals surface area (Å²) < 4.78 is 42.3. The molecule has 1 saturated heterocycles. The van der Waals surface area contributed by atoms with Crippen LogP contribution >= 0.6 is 11.3 Å². The number of thiophene rings is 1. The van der Waals surface area contributed by atoms with Crippen molar-refractivity contribution in [3.05, 3.63) is 70.9 Å². The molecule has 3 aromatic heterocycles. The highest BCUT2D eigenvalue weighted by molar-refractivity contribution is 7.15. The number of anilines is 1. The van der Waals surface area contributed by atoms with E-state index in [2.05, 4.69) is 15.0 Å². The highest BCUT2D eigenvalue weighted by Crippen LogP contribution is 2.34. The third-order valence-electron chi connectivity index (χ3n) is 5.89. The number of hydrogen-bond acceptors (Lipinski definition) is 5. The van der Waals surface area contributed by atoms with Gasteiger partial charge >= 0.3 is 6.18 Å². The lowest BCUT2D eigenvalue weighted by Gasteiger charge is -2.35. The van der Waals surface area contributed by atoms with E-state index in [1.54, 1.807) is 11.0 Å². The van der Waals surface area contributed by atoms with Gasteiger partial charge in [-0.05, 0) is 36.8 Å². The van der Waals surface area contributed by atoms with Crippen LogP contribution in [0.1, 0.15) is 28.0 Å². The second-order valence-corrected chi connectivity index (χ2v) is 9.23. The molecule has 0 bridgehead atoms. The van der Waals surface area contributed by atoms with Crippen molar-refractivity contribution in [3.63, 3.8) is 0 Å². The number of carbonyl (C=O) groups is 1. The number of alkyl halides is 3. The zero-order chi connectivity index (χ0) is 23.9. The first kappa shape index (κ1) is 22.4. The van der Waals surface area contributed by atoms with E-state index >= 15 is 0 Å². The molecular weight excluding hydrogens is 463 g/mol. The molecule has 4 heterocycles. The van der Waals surface area contributed by atoms with E-state index in [1.807, 2.05) is 43.3 Å². The van der Waals surface area contributed by atoms with Crippen LogP contribution in [0.25, 0.3) is 16.2 Å². The number of amides is 1. The number of benzene rings is 1. The molecule has 0 radical (unpaired) electrons. The maximum Gasteiger partial charge on any atom is 0.433 e. The Kier molecular flexibility index (Phi) is 5.76. The Morgan fingerprint density at radius 3 is 2.41 bits per heavy atom. The first-order chi connectivity index (χ1) is 16.3. The van der Waals surface area contributed by atoms with Gasteiger partial charge in [0, 0.05) is 42.8 Å². The molecule has 34 heavy (non-hydrogen) atoms. The number of nitrogens with zero attached hydrogens (tertiary/aromatic N) is 5. The van der Waals surface area contributed by atoms with Gasteiger partial charge in [-0.3, -0.25) is 4.79 Å². The number of rotatable bonds is 4. The molecule has 0 atom stereocenters. The van der Waals surface area contributed by atoms with Crippen molar-refractivity contribution in [2.45, 2.75) is 19.5 Å². The van der Waals surface area contributed by atoms with Gasteiger partial charge in [0.25, 0.3) is 5.91 Å². The van der Waals surface area contributed by atoms with Crippen LogP contribution in [0.2, 0.25) is 0 Å². The summed E-state index contributed by atoms with van der Waals surface area (Å²) in [6, 6.07) is 15.9. The molecule has 4 aromatic rings. The summed E-state index contributed by atoms with van der Waals surface area (Å²) >= 11 is 1.41. The highest BCUT2D eigenvalue weighted by atomic mass is 32.1. The Bertz CT molecular complexity index is 1320. The number of piperazine rings is 1. The normalized spacial score (nSPS) is 14.7. The number of hydrogen-bond donors (Lipinski definition) is 0. The molecule has 0 unspecified atom stereocenters. The average Bonchev–Trinajstić information content (AvgIpc) is 3.50. The molecule has 1 aliphatic rings. The van der Waals surface area contributed by atoms with Gasteiger partial charge in [0.15, 0.2) is 17.0 Å². The molecule has 0 aliphatic carbocycles. The summed E-state index contributed by atoms with van der Waals surface area (Å²) in [7, 11) is 0. The fourth-order valence-corrected chi connectivity index (χ4v) is 4.99. The van der Waals surface area contributed by atoms with Crippen LogP contribution in [0, 0.1) is 0 Å². The third kappa shape index (κ3) is 4.25. The van der Waals surface area contributed by atoms with Crippen LogP contribution in [0.3, 0.4) is 0 Å². The van der Waals surface area contributed by atoms with E-state index in [9.17, 15) is 18.0 Å². The van der Waals surface area contributed by atoms with Crippen LogP contribution in [0.4, 0.5) is 18.9 Å². The second kappa shape index (κ2) is 8.75. The van der Waals surface area contributed by atoms with Crippen molar-refractivity contribution in [2.24, 2.45) is 0 Å². The minimum Gasteiger partial charge on any atom is -0.368 e. The van der Waals surface area contributed by atoms with Crippen LogP contribution in [0.5, 0.6) is 0 Å². The van der Waals surface area contributed by atoms with Gasteiger partial charge in [-0.2, -0.15) is 18.3 Å². The van der Waals surface area contributed by atoms with Crippen LogP contribution < -0.4 is 4.90 Å². The molecule has 1 aliphatic heterocycles. The second-order valence-electron chi connectivity index (χ2n) is 8.06. The summed E-state index contributed by atoms with van der Waals surface area (Å²) in [6.45, 7) is 4.18. The van der Waals surface area contributed by atoms with E-state index in [1.165, 1.54) is 17.4 Å². The molecule has 1 aromatic carbocycles. The molecule has 5 rings (SSSR count). The van der Waals surface area contributed by atoms with E-state index in [-0.39, 0.29) is 17.0 Å². The molecule has 1 fully saturated rings. The topological polar surface area (TPSA) is 53.7 Å². The minimum atomic E-state index is -4.64. The first-order valence-corrected chi connectivity index (χ1v) is 11.8. The largest absolute Gasteiger partial charge is 0.433 e. The summed E-state index contributed by atoms with van der Waals surface area (Å²) in [5, 5.41) is 4.02. The number of para-hydroxylation sites is 1. The monoisotopic (exact) mass is 485 g/mol. The summed E-state index contributed by atoms with van der Waals surface area (Å²) in [5.41, 5.74) is 0.312. The van der Waals surface area contributed by atoms with Gasteiger partial charge in [-0.25, -0.2) is 9.50 Å². The Morgan fingerprint density at radius 2 is 1.76 bits per heavy atom. The van der Waals surface area contributed by atoms with Crippen molar-refractivity contribution >= 4 is 28.6 Å². The van der Waals surface area contributed by atoms with E-state index in [0.717, 1.165) is 27.6 Å². The van der Waals surface area contributed by atoms with Crippen molar-refractivity contribution in [1.82, 2.24) is 19.5 Å². The van der Waals surface area contributed by atoms with E-state index < -0.39 is 17.8 Å². The lowest BCUT2D eigenvalue weighted by Crippen LogP contribution is -2.48. The number of fused-ring (bicyclic) bond motifs is 1. The standard InChI is InChI=1S/C24H22F3N5OS/c1-2-17-8-9-20(34-17)18-14-21(24(25,26)27)32-22(28-18)15-19(29-32)23(33)31-12-10-30(11-13-31)16-6-4-3-5-7-16/h3-9,14-15H,2,10-13H2,1H3. The number of aryl methyl sites for hydroxylation is 1. The maximum atomic E-state index is 13.9. The molecule has 0 N–H and O–H groups in total. The molecule has 0 spiro atoms. The van der Waals surface area contributed by atoms with Gasteiger partial charge in [0.05, 0.1) is 10.6 Å². The lowest BCUT2D eigenvalue weighted by molar-refractivity contribution is -0.142. The van der Waals surface area contributed by atoms with Crippen LogP contribution in [-0.2, 0) is 12.6 Å². The lowest BCUT2D eigenvalue weighted by atomic mass is 10.2. The van der Waals surface area contributed by atoms with Crippen molar-refractivity contribution in [2.75, 3.05) is 31.1 Å². The molecule has 10 heteroatoms. The maximum absolute atomic E-state index is 13.9. The van der Waals surface area contributed by atoms with Crippen molar-refractivity contribution in [3.8, 4) is 10.6 Å². The SMILES string of the molecule is CCc1ccc(-c2cc(C(F)(F)F)n3nc(C(=O)N4CCN(c5ccccc5)CC4)cc3n2)s1. The molecular formula is C24H22F3N5OS. The van der Waals surface area contributed by atoms with Gasteiger partial charge in [-0.15, -0.1) is 11.3 Å². The predicted molar refractivity (Wildman–Crippen MR) is 125 cm³/mol. The predicted octanol–water partition coefficient (Wildman–Crippen LogP) is 5.00. The summed E-state index contributed by atoms with van der Waals surface area (Å²) in [4.78, 5) is 23.0. The van der Waals surface area contributed by atoms with Gasteiger partial charge in [-0.1, -0.05) is 25.1 Å². The van der Waals surface area contributed by atoms with Gasteiger partial charge in [0.1, 0.15) is 0 Å². The van der Waals surface area contributed by atoms with E-state index in [0.29, 0.717) is 31.1 Å². The van der Waals surface area contributed by atoms with Crippen LogP contribution in [-0.4, -0.2) is 51.6 Å². The number of halogens is 3. The minimum absolute atomic E-state index is 0.00236. The number of aromatic nitrogens is 3. The van der Waals surface area contributed by atoms with Gasteiger partial charge < -0.3 is 9.80 Å². The van der Waals surface area contributed by atoms with Crippen molar-refractivity contribution in [1.29, 1.82) is 0 Å². The Balaban J connectivity index is 1.43. The van der Waals surface area contributed by atoms with Crippen LogP contribution in [0.15, 0.2) is 54.6 Å².